The van der Waals surface area contributed by atoms with E-state index in [9.17, 15) is 9.90 Å². The summed E-state index contributed by atoms with van der Waals surface area (Å²) in [7, 11) is 1.47. The number of amides is 1. The van der Waals surface area contributed by atoms with Gasteiger partial charge in [-0.25, -0.2) is 5.43 Å². The highest BCUT2D eigenvalue weighted by molar-refractivity contribution is 9.11. The van der Waals surface area contributed by atoms with E-state index in [4.69, 9.17) is 32.7 Å². The van der Waals surface area contributed by atoms with Gasteiger partial charge in [0.1, 0.15) is 23.9 Å². The van der Waals surface area contributed by atoms with Crippen LogP contribution in [0.1, 0.15) is 21.5 Å². The van der Waals surface area contributed by atoms with E-state index in [0.717, 1.165) is 5.56 Å². The fourth-order valence-electron chi connectivity index (χ4n) is 2.64. The SMILES string of the molecule is COc1ccc(C(=O)N/N=C\c2cc(Br)c(OCc3ccc(Cl)cc3Cl)c(Br)c2)c(O)c1. The highest BCUT2D eigenvalue weighted by Crippen LogP contribution is 2.35. The predicted molar refractivity (Wildman–Crippen MR) is 132 cm³/mol. The Morgan fingerprint density at radius 3 is 2.47 bits per heavy atom. The number of halogens is 4. The number of aromatic hydroxyl groups is 1. The van der Waals surface area contributed by atoms with Gasteiger partial charge in [0.15, 0.2) is 0 Å². The number of phenols is 1. The first kappa shape index (κ1) is 24.4. The van der Waals surface area contributed by atoms with Gasteiger partial charge >= 0.3 is 0 Å². The Hall–Kier alpha value is -2.26. The van der Waals surface area contributed by atoms with Crippen LogP contribution in [0.15, 0.2) is 62.6 Å². The average molecular weight is 603 g/mol. The molecule has 3 rings (SSSR count). The molecular weight excluding hydrogens is 587 g/mol. The Balaban J connectivity index is 1.66. The van der Waals surface area contributed by atoms with E-state index in [1.165, 1.54) is 25.5 Å². The molecule has 0 aliphatic carbocycles. The second-order valence-corrected chi connectivity index (χ2v) is 8.97. The van der Waals surface area contributed by atoms with Gasteiger partial charge in [-0.3, -0.25) is 4.79 Å². The van der Waals surface area contributed by atoms with Crippen LogP contribution in [0.5, 0.6) is 17.2 Å². The Morgan fingerprint density at radius 1 is 1.12 bits per heavy atom. The van der Waals surface area contributed by atoms with Crippen LogP contribution in [0.2, 0.25) is 10.0 Å². The molecule has 32 heavy (non-hydrogen) atoms. The van der Waals surface area contributed by atoms with Crippen molar-refractivity contribution in [3.8, 4) is 17.2 Å². The standard InChI is InChI=1S/C22H16Br2Cl2N2O4/c1-31-15-4-5-16(20(29)9-15)22(30)28-27-10-12-6-17(23)21(18(24)7-12)32-11-13-2-3-14(25)8-19(13)26/h2-10,29H,11H2,1H3,(H,28,30)/b27-10-. The predicted octanol–water partition coefficient (Wildman–Crippen LogP) is 6.58. The van der Waals surface area contributed by atoms with E-state index in [1.807, 2.05) is 0 Å². The third-order valence-corrected chi connectivity index (χ3v) is 6.00. The Morgan fingerprint density at radius 2 is 1.84 bits per heavy atom. The van der Waals surface area contributed by atoms with Gasteiger partial charge in [0.25, 0.3) is 5.91 Å². The molecule has 2 N–H and O–H groups in total. The number of nitrogens with one attached hydrogen (secondary N) is 1. The van der Waals surface area contributed by atoms with E-state index in [-0.39, 0.29) is 17.9 Å². The van der Waals surface area contributed by atoms with Crippen molar-refractivity contribution in [2.45, 2.75) is 6.61 Å². The highest BCUT2D eigenvalue weighted by Gasteiger charge is 2.12. The van der Waals surface area contributed by atoms with E-state index < -0.39 is 5.91 Å². The molecule has 6 nitrogen and oxygen atoms in total. The summed E-state index contributed by atoms with van der Waals surface area (Å²) in [4.78, 5) is 12.2. The van der Waals surface area contributed by atoms with Crippen molar-refractivity contribution in [2.24, 2.45) is 5.10 Å². The molecule has 10 heteroatoms. The number of nitrogens with zero attached hydrogens (tertiary/aromatic N) is 1. The summed E-state index contributed by atoms with van der Waals surface area (Å²) in [5, 5.41) is 15.0. The van der Waals surface area contributed by atoms with Crippen LogP contribution in [0, 0.1) is 0 Å². The number of phenolic OH excluding ortho intramolecular Hbond substituents is 1. The van der Waals surface area contributed by atoms with Gasteiger partial charge in [0.05, 0.1) is 27.8 Å². The lowest BCUT2D eigenvalue weighted by atomic mass is 10.2. The number of hydrogen-bond donors (Lipinski definition) is 2. The van der Waals surface area contributed by atoms with Crippen LogP contribution in [-0.2, 0) is 6.61 Å². The summed E-state index contributed by atoms with van der Waals surface area (Å²) in [6.45, 7) is 0.252. The molecule has 0 saturated heterocycles. The summed E-state index contributed by atoms with van der Waals surface area (Å²) in [6.07, 6.45) is 1.47. The third-order valence-electron chi connectivity index (χ3n) is 4.24. The Kier molecular flexibility index (Phi) is 8.42. The molecule has 0 spiro atoms. The van der Waals surface area contributed by atoms with Crippen molar-refractivity contribution in [3.63, 3.8) is 0 Å². The van der Waals surface area contributed by atoms with Crippen LogP contribution < -0.4 is 14.9 Å². The minimum atomic E-state index is -0.556. The molecule has 1 amide bonds. The number of carbonyl (C=O) groups excluding carboxylic acids is 1. The Bertz CT molecular complexity index is 1170. The fourth-order valence-corrected chi connectivity index (χ4v) is 4.55. The van der Waals surface area contributed by atoms with E-state index in [0.29, 0.717) is 36.1 Å². The summed E-state index contributed by atoms with van der Waals surface area (Å²) >= 11 is 19.1. The summed E-state index contributed by atoms with van der Waals surface area (Å²) < 4.78 is 12.2. The molecule has 0 aliphatic heterocycles. The van der Waals surface area contributed by atoms with Crippen molar-refractivity contribution in [1.82, 2.24) is 5.43 Å². The minimum Gasteiger partial charge on any atom is -0.507 e. The lowest BCUT2D eigenvalue weighted by Crippen LogP contribution is -2.17. The minimum absolute atomic E-state index is 0.0786. The van der Waals surface area contributed by atoms with Crippen LogP contribution in [0.3, 0.4) is 0 Å². The van der Waals surface area contributed by atoms with Crippen LogP contribution in [0.25, 0.3) is 0 Å². The quantitative estimate of drug-likeness (QED) is 0.237. The summed E-state index contributed by atoms with van der Waals surface area (Å²) in [5.41, 5.74) is 3.95. The molecule has 0 fully saturated rings. The monoisotopic (exact) mass is 600 g/mol. The molecule has 0 radical (unpaired) electrons. The summed E-state index contributed by atoms with van der Waals surface area (Å²) in [5.74, 6) is 0.266. The number of benzene rings is 3. The maximum atomic E-state index is 12.2. The van der Waals surface area contributed by atoms with Gasteiger partial charge in [-0.05, 0) is 73.8 Å². The smallest absolute Gasteiger partial charge is 0.275 e. The topological polar surface area (TPSA) is 80.2 Å². The van der Waals surface area contributed by atoms with Crippen molar-refractivity contribution in [1.29, 1.82) is 0 Å². The first-order valence-corrected chi connectivity index (χ1v) is 11.4. The van der Waals surface area contributed by atoms with Gasteiger partial charge in [0, 0.05) is 21.7 Å². The van der Waals surface area contributed by atoms with E-state index in [2.05, 4.69) is 42.4 Å². The number of methoxy groups -OCH3 is 1. The maximum Gasteiger partial charge on any atom is 0.275 e. The van der Waals surface area contributed by atoms with Crippen molar-refractivity contribution >= 4 is 67.2 Å². The van der Waals surface area contributed by atoms with Crippen LogP contribution >= 0.6 is 55.1 Å². The lowest BCUT2D eigenvalue weighted by molar-refractivity contribution is 0.0952. The van der Waals surface area contributed by atoms with Crippen LogP contribution in [0.4, 0.5) is 0 Å². The second kappa shape index (κ2) is 11.0. The van der Waals surface area contributed by atoms with Gasteiger partial charge < -0.3 is 14.6 Å². The molecule has 0 atom stereocenters. The number of rotatable bonds is 7. The third kappa shape index (κ3) is 6.16. The molecule has 0 heterocycles. The molecule has 166 valence electrons. The molecule has 0 unspecified atom stereocenters. The first-order chi connectivity index (χ1) is 15.3. The van der Waals surface area contributed by atoms with Crippen molar-refractivity contribution in [3.05, 3.63) is 84.2 Å². The van der Waals surface area contributed by atoms with Crippen LogP contribution in [-0.4, -0.2) is 24.3 Å². The maximum absolute atomic E-state index is 12.2. The molecular formula is C22H16Br2Cl2N2O4. The zero-order valence-electron chi connectivity index (χ0n) is 16.5. The highest BCUT2D eigenvalue weighted by atomic mass is 79.9. The van der Waals surface area contributed by atoms with Gasteiger partial charge in [-0.2, -0.15) is 5.10 Å². The first-order valence-electron chi connectivity index (χ1n) is 9.04. The fraction of sp³-hybridized carbons (Fsp3) is 0.0909. The van der Waals surface area contributed by atoms with Gasteiger partial charge in [0.2, 0.25) is 0 Å². The molecule has 0 aliphatic rings. The second-order valence-electron chi connectivity index (χ2n) is 6.42. The molecule has 0 saturated carbocycles. The number of hydrogen-bond acceptors (Lipinski definition) is 5. The molecule has 3 aromatic rings. The Labute approximate surface area is 211 Å². The van der Waals surface area contributed by atoms with Crippen molar-refractivity contribution < 1.29 is 19.4 Å². The van der Waals surface area contributed by atoms with E-state index >= 15 is 0 Å². The largest absolute Gasteiger partial charge is 0.507 e. The van der Waals surface area contributed by atoms with Gasteiger partial charge in [-0.1, -0.05) is 29.3 Å². The zero-order chi connectivity index (χ0) is 23.3. The van der Waals surface area contributed by atoms with Crippen molar-refractivity contribution in [2.75, 3.05) is 7.11 Å². The number of hydrazone groups is 1. The molecule has 0 bridgehead atoms. The average Bonchev–Trinajstić information content (AvgIpc) is 2.74. The lowest BCUT2D eigenvalue weighted by Gasteiger charge is -2.12. The molecule has 3 aromatic carbocycles. The normalized spacial score (nSPS) is 10.9. The van der Waals surface area contributed by atoms with Gasteiger partial charge in [-0.15, -0.1) is 0 Å². The summed E-state index contributed by atoms with van der Waals surface area (Å²) in [6, 6.07) is 13.1. The van der Waals surface area contributed by atoms with E-state index in [1.54, 1.807) is 36.4 Å². The number of ether oxygens (including phenoxy) is 2. The molecule has 0 aromatic heterocycles. The zero-order valence-corrected chi connectivity index (χ0v) is 21.2. The number of carbonyl (C=O) groups is 1.